The lowest BCUT2D eigenvalue weighted by Gasteiger charge is -2.34. The van der Waals surface area contributed by atoms with Crippen molar-refractivity contribution in [1.82, 2.24) is 24.6 Å². The Morgan fingerprint density at radius 1 is 1.03 bits per heavy atom. The summed E-state index contributed by atoms with van der Waals surface area (Å²) in [5, 5.41) is 19.9. The molecule has 1 saturated heterocycles. The Balaban J connectivity index is 1.39. The summed E-state index contributed by atoms with van der Waals surface area (Å²) in [5.74, 6) is 1.45. The molecule has 8 nitrogen and oxygen atoms in total. The van der Waals surface area contributed by atoms with Gasteiger partial charge >= 0.3 is 0 Å². The third-order valence-electron chi connectivity index (χ3n) is 7.52. The number of halogens is 1. The van der Waals surface area contributed by atoms with Crippen LogP contribution in [0.3, 0.4) is 0 Å². The Morgan fingerprint density at radius 2 is 1.90 bits per heavy atom. The quantitative estimate of drug-likeness (QED) is 0.258. The molecule has 1 fully saturated rings. The maximum absolute atomic E-state index is 10.0. The molecule has 0 saturated carbocycles. The largest absolute Gasteiger partial charge is 0.394 e. The number of benzene rings is 2. The van der Waals surface area contributed by atoms with E-state index in [9.17, 15) is 5.11 Å². The van der Waals surface area contributed by atoms with Crippen LogP contribution in [-0.2, 0) is 6.54 Å². The minimum Gasteiger partial charge on any atom is -0.394 e. The van der Waals surface area contributed by atoms with Gasteiger partial charge in [0.2, 0.25) is 11.9 Å². The molecule has 1 atom stereocenters. The zero-order valence-corrected chi connectivity index (χ0v) is 22.9. The summed E-state index contributed by atoms with van der Waals surface area (Å²) >= 11 is 6.76. The molecule has 0 unspecified atom stereocenters. The van der Waals surface area contributed by atoms with Crippen LogP contribution < -0.4 is 10.2 Å². The second-order valence-corrected chi connectivity index (χ2v) is 10.8. The summed E-state index contributed by atoms with van der Waals surface area (Å²) < 4.78 is 1.77. The summed E-state index contributed by atoms with van der Waals surface area (Å²) in [6, 6.07) is 18.1. The molecule has 200 valence electrons. The van der Waals surface area contributed by atoms with Crippen LogP contribution >= 0.6 is 11.6 Å². The lowest BCUT2D eigenvalue weighted by Crippen LogP contribution is -2.43. The first-order valence-corrected chi connectivity index (χ1v) is 13.9. The van der Waals surface area contributed by atoms with Crippen molar-refractivity contribution >= 4 is 40.0 Å². The Morgan fingerprint density at radius 3 is 2.74 bits per heavy atom. The van der Waals surface area contributed by atoms with Gasteiger partial charge in [-0.25, -0.2) is 4.98 Å². The Hall–Kier alpha value is -3.75. The molecule has 4 heterocycles. The third kappa shape index (κ3) is 4.90. The van der Waals surface area contributed by atoms with Gasteiger partial charge in [-0.1, -0.05) is 61.8 Å². The number of nitrogens with one attached hydrogen (secondary N) is 1. The topological polar surface area (TPSA) is 91.5 Å². The first-order valence-electron chi connectivity index (χ1n) is 13.5. The maximum atomic E-state index is 10.0. The van der Waals surface area contributed by atoms with Crippen molar-refractivity contribution in [3.8, 4) is 11.3 Å². The molecule has 9 heteroatoms. The van der Waals surface area contributed by atoms with Crippen LogP contribution in [0.2, 0.25) is 5.02 Å². The smallest absolute Gasteiger partial charge is 0.231 e. The van der Waals surface area contributed by atoms with E-state index >= 15 is 0 Å². The van der Waals surface area contributed by atoms with E-state index in [4.69, 9.17) is 26.6 Å². The van der Waals surface area contributed by atoms with E-state index < -0.39 is 0 Å². The van der Waals surface area contributed by atoms with Gasteiger partial charge in [-0.05, 0) is 48.9 Å². The number of hydrogen-bond donors (Lipinski definition) is 2. The monoisotopic (exact) mass is 541 g/mol. The number of hydrogen-bond acceptors (Lipinski definition) is 7. The summed E-state index contributed by atoms with van der Waals surface area (Å²) in [5.41, 5.74) is 5.52. The van der Waals surface area contributed by atoms with Crippen LogP contribution in [0, 0.1) is 0 Å². The van der Waals surface area contributed by atoms with Gasteiger partial charge in [0.1, 0.15) is 0 Å². The third-order valence-corrected chi connectivity index (χ3v) is 7.87. The first-order chi connectivity index (χ1) is 19.0. The molecule has 3 aromatic heterocycles. The fourth-order valence-corrected chi connectivity index (χ4v) is 5.59. The summed E-state index contributed by atoms with van der Waals surface area (Å²) in [4.78, 5) is 16.9. The van der Waals surface area contributed by atoms with Crippen LogP contribution in [0.15, 0.2) is 60.8 Å². The fraction of sp³-hybridized carbons (Fsp3) is 0.333. The molecular formula is C30H32ClN7O. The van der Waals surface area contributed by atoms with Gasteiger partial charge in [0, 0.05) is 34.6 Å². The number of anilines is 2. The van der Waals surface area contributed by atoms with Crippen LogP contribution in [0.5, 0.6) is 0 Å². The molecule has 2 aromatic carbocycles. The minimum atomic E-state index is 0.00798. The van der Waals surface area contributed by atoms with Crippen molar-refractivity contribution in [3.63, 3.8) is 0 Å². The highest BCUT2D eigenvalue weighted by Crippen LogP contribution is 2.31. The fourth-order valence-electron chi connectivity index (χ4n) is 5.35. The number of rotatable bonds is 7. The van der Waals surface area contributed by atoms with Gasteiger partial charge in [0.05, 0.1) is 30.1 Å². The molecule has 39 heavy (non-hydrogen) atoms. The number of pyridine rings is 1. The molecule has 5 aromatic rings. The average Bonchev–Trinajstić information content (AvgIpc) is 3.40. The number of nitrogens with zero attached hydrogens (tertiary/aromatic N) is 6. The van der Waals surface area contributed by atoms with Crippen molar-refractivity contribution in [2.45, 2.75) is 51.6 Å². The highest BCUT2D eigenvalue weighted by molar-refractivity contribution is 6.31. The van der Waals surface area contributed by atoms with Gasteiger partial charge in [0.25, 0.3) is 0 Å². The predicted octanol–water partition coefficient (Wildman–Crippen LogP) is 6.08. The first kappa shape index (κ1) is 25.5. The maximum Gasteiger partial charge on any atom is 0.231 e. The SMILES string of the molecule is CC(C)c1cnn2c(NCc3c(Cl)cccc3-c3ccc4ccccc4n3)nc(N3CCCC[C@H]3CO)nc12. The predicted molar refractivity (Wildman–Crippen MR) is 156 cm³/mol. The molecular weight excluding hydrogens is 510 g/mol. The van der Waals surface area contributed by atoms with Crippen molar-refractivity contribution in [2.24, 2.45) is 0 Å². The normalized spacial score (nSPS) is 15.9. The van der Waals surface area contributed by atoms with Crippen LogP contribution in [-0.4, -0.2) is 48.9 Å². The van der Waals surface area contributed by atoms with Gasteiger partial charge in [0.15, 0.2) is 5.65 Å². The molecule has 0 bridgehead atoms. The van der Waals surface area contributed by atoms with Crippen molar-refractivity contribution in [3.05, 3.63) is 76.9 Å². The number of fused-ring (bicyclic) bond motifs is 2. The number of aliphatic hydroxyl groups is 1. The van der Waals surface area contributed by atoms with Crippen molar-refractivity contribution in [2.75, 3.05) is 23.4 Å². The van der Waals surface area contributed by atoms with E-state index in [2.05, 4.69) is 41.3 Å². The summed E-state index contributed by atoms with van der Waals surface area (Å²) in [7, 11) is 0. The molecule has 0 spiro atoms. The van der Waals surface area contributed by atoms with E-state index in [1.165, 1.54) is 0 Å². The molecule has 0 amide bonds. The highest BCUT2D eigenvalue weighted by Gasteiger charge is 2.26. The van der Waals surface area contributed by atoms with Crippen LogP contribution in [0.4, 0.5) is 11.9 Å². The number of aliphatic hydroxyl groups excluding tert-OH is 1. The van der Waals surface area contributed by atoms with Crippen molar-refractivity contribution in [1.29, 1.82) is 0 Å². The zero-order valence-electron chi connectivity index (χ0n) is 22.2. The lowest BCUT2D eigenvalue weighted by molar-refractivity contribution is 0.239. The van der Waals surface area contributed by atoms with E-state index in [1.54, 1.807) is 4.52 Å². The number of aromatic nitrogens is 5. The zero-order chi connectivity index (χ0) is 26.9. The second kappa shape index (κ2) is 10.8. The summed E-state index contributed by atoms with van der Waals surface area (Å²) in [6.07, 6.45) is 4.93. The van der Waals surface area contributed by atoms with Gasteiger partial charge in [-0.15, -0.1) is 0 Å². The van der Waals surface area contributed by atoms with Gasteiger partial charge in [-0.3, -0.25) is 0 Å². The Kier molecular flexibility index (Phi) is 7.06. The van der Waals surface area contributed by atoms with Gasteiger partial charge in [-0.2, -0.15) is 19.6 Å². The van der Waals surface area contributed by atoms with E-state index in [1.807, 2.05) is 48.7 Å². The molecule has 2 N–H and O–H groups in total. The minimum absolute atomic E-state index is 0.00798. The lowest BCUT2D eigenvalue weighted by atomic mass is 10.0. The molecule has 0 aliphatic carbocycles. The number of para-hydroxylation sites is 1. The van der Waals surface area contributed by atoms with Gasteiger partial charge < -0.3 is 15.3 Å². The summed E-state index contributed by atoms with van der Waals surface area (Å²) in [6.45, 7) is 5.59. The van der Waals surface area contributed by atoms with Crippen molar-refractivity contribution < 1.29 is 5.11 Å². The molecule has 0 radical (unpaired) electrons. The van der Waals surface area contributed by atoms with E-state index in [0.717, 1.165) is 64.7 Å². The molecule has 1 aliphatic heterocycles. The molecule has 1 aliphatic rings. The van der Waals surface area contributed by atoms with Crippen LogP contribution in [0.25, 0.3) is 27.8 Å². The Labute approximate surface area is 232 Å². The number of piperidine rings is 1. The second-order valence-electron chi connectivity index (χ2n) is 10.4. The van der Waals surface area contributed by atoms with E-state index in [-0.39, 0.29) is 18.6 Å². The average molecular weight is 542 g/mol. The molecule has 6 rings (SSSR count). The Bertz CT molecular complexity index is 1630. The highest BCUT2D eigenvalue weighted by atomic mass is 35.5. The van der Waals surface area contributed by atoms with E-state index in [0.29, 0.717) is 23.5 Å². The van der Waals surface area contributed by atoms with Crippen LogP contribution in [0.1, 0.15) is 50.2 Å². The standard InChI is InChI=1S/C30H32ClN7O/c1-19(2)23-17-33-38-28(23)35-30(37-15-6-5-9-21(37)18-39)36-29(38)32-16-24-22(10-7-11-25(24)31)27-14-13-20-8-3-4-12-26(20)34-27/h3-4,7-8,10-14,17,19,21,39H,5-6,9,15-16,18H2,1-2H3,(H,32,35,36)/t21-/m0/s1.